The molecule has 0 spiro atoms. The van der Waals surface area contributed by atoms with Gasteiger partial charge in [-0.1, -0.05) is 6.07 Å². The van der Waals surface area contributed by atoms with Gasteiger partial charge in [0.15, 0.2) is 0 Å². The molecule has 0 saturated heterocycles. The first-order valence-electron chi connectivity index (χ1n) is 5.73. The van der Waals surface area contributed by atoms with Gasteiger partial charge >= 0.3 is 5.69 Å². The quantitative estimate of drug-likeness (QED) is 0.887. The van der Waals surface area contributed by atoms with Crippen molar-refractivity contribution in [1.29, 1.82) is 0 Å². The van der Waals surface area contributed by atoms with E-state index in [-0.39, 0.29) is 16.9 Å². The maximum atomic E-state index is 12.1. The van der Waals surface area contributed by atoms with Crippen LogP contribution in [0.5, 0.6) is 0 Å². The number of likely N-dealkylation sites (N-methyl/N-ethyl adjacent to an activating group) is 1. The standard InChI is InChI=1S/C12H12BrN3O3S/c1-15(5-8-3-2-4-20-8)10(17)7-16-6-9(13)11(18)14-12(16)19/h2-4,6H,5,7H2,1H3,(H,14,18,19). The van der Waals surface area contributed by atoms with Gasteiger partial charge in [0.2, 0.25) is 5.91 Å². The van der Waals surface area contributed by atoms with E-state index in [9.17, 15) is 14.4 Å². The Hall–Kier alpha value is -1.67. The van der Waals surface area contributed by atoms with Gasteiger partial charge in [0.05, 0.1) is 11.0 Å². The van der Waals surface area contributed by atoms with E-state index in [0.717, 1.165) is 4.88 Å². The normalized spacial score (nSPS) is 10.5. The van der Waals surface area contributed by atoms with Crippen molar-refractivity contribution in [3.63, 3.8) is 0 Å². The van der Waals surface area contributed by atoms with Crippen LogP contribution in [0.3, 0.4) is 0 Å². The van der Waals surface area contributed by atoms with Gasteiger partial charge in [0.1, 0.15) is 6.54 Å². The molecule has 2 aromatic heterocycles. The van der Waals surface area contributed by atoms with Crippen molar-refractivity contribution in [2.75, 3.05) is 7.05 Å². The highest BCUT2D eigenvalue weighted by Crippen LogP contribution is 2.11. The predicted molar refractivity (Wildman–Crippen MR) is 79.8 cm³/mol. The van der Waals surface area contributed by atoms with Gasteiger partial charge in [-0.05, 0) is 27.4 Å². The fourth-order valence-corrected chi connectivity index (χ4v) is 2.69. The Morgan fingerprint density at radius 1 is 1.50 bits per heavy atom. The molecule has 0 unspecified atom stereocenters. The van der Waals surface area contributed by atoms with Crippen LogP contribution in [-0.4, -0.2) is 27.4 Å². The Labute approximate surface area is 126 Å². The molecule has 0 bridgehead atoms. The maximum absolute atomic E-state index is 12.1. The highest BCUT2D eigenvalue weighted by atomic mass is 79.9. The predicted octanol–water partition coefficient (Wildman–Crippen LogP) is 1.02. The third-order valence-electron chi connectivity index (χ3n) is 2.67. The van der Waals surface area contributed by atoms with Crippen LogP contribution in [0, 0.1) is 0 Å². The molecular formula is C12H12BrN3O3S. The molecule has 1 amide bonds. The Morgan fingerprint density at radius 3 is 2.90 bits per heavy atom. The number of H-pyrrole nitrogens is 1. The van der Waals surface area contributed by atoms with Crippen molar-refractivity contribution in [3.05, 3.63) is 53.9 Å². The molecule has 2 aromatic rings. The number of hydrogen-bond donors (Lipinski definition) is 1. The highest BCUT2D eigenvalue weighted by Gasteiger charge is 2.12. The average molecular weight is 358 g/mol. The fraction of sp³-hybridized carbons (Fsp3) is 0.250. The Bertz CT molecular complexity index is 720. The number of nitrogens with zero attached hydrogens (tertiary/aromatic N) is 2. The van der Waals surface area contributed by atoms with E-state index in [1.807, 2.05) is 17.5 Å². The van der Waals surface area contributed by atoms with Gasteiger partial charge in [-0.2, -0.15) is 0 Å². The first-order valence-corrected chi connectivity index (χ1v) is 7.40. The minimum atomic E-state index is -0.601. The van der Waals surface area contributed by atoms with Gasteiger partial charge in [-0.3, -0.25) is 19.1 Å². The molecule has 0 saturated carbocycles. The maximum Gasteiger partial charge on any atom is 0.328 e. The topological polar surface area (TPSA) is 75.2 Å². The highest BCUT2D eigenvalue weighted by molar-refractivity contribution is 9.10. The van der Waals surface area contributed by atoms with Crippen LogP contribution in [-0.2, 0) is 17.9 Å². The van der Waals surface area contributed by atoms with E-state index in [0.29, 0.717) is 6.54 Å². The van der Waals surface area contributed by atoms with Gasteiger partial charge in [0.25, 0.3) is 5.56 Å². The van der Waals surface area contributed by atoms with Crippen molar-refractivity contribution < 1.29 is 4.79 Å². The van der Waals surface area contributed by atoms with E-state index in [4.69, 9.17) is 0 Å². The van der Waals surface area contributed by atoms with Gasteiger partial charge in [-0.25, -0.2) is 4.79 Å². The third-order valence-corrected chi connectivity index (χ3v) is 4.10. The van der Waals surface area contributed by atoms with E-state index in [1.165, 1.54) is 15.7 Å². The second-order valence-corrected chi connectivity index (χ2v) is 6.08. The lowest BCUT2D eigenvalue weighted by Crippen LogP contribution is -2.36. The lowest BCUT2D eigenvalue weighted by Gasteiger charge is -2.16. The summed E-state index contributed by atoms with van der Waals surface area (Å²) in [6.45, 7) is 0.381. The number of aromatic nitrogens is 2. The summed E-state index contributed by atoms with van der Waals surface area (Å²) in [6.07, 6.45) is 1.32. The van der Waals surface area contributed by atoms with Crippen molar-refractivity contribution in [2.24, 2.45) is 0 Å². The number of hydrogen-bond acceptors (Lipinski definition) is 4. The molecule has 0 atom stereocenters. The van der Waals surface area contributed by atoms with Crippen molar-refractivity contribution in [1.82, 2.24) is 14.5 Å². The Morgan fingerprint density at radius 2 is 2.25 bits per heavy atom. The van der Waals surface area contributed by atoms with E-state index in [1.54, 1.807) is 18.4 Å². The summed E-state index contributed by atoms with van der Waals surface area (Å²) < 4.78 is 1.38. The molecule has 0 aliphatic carbocycles. The van der Waals surface area contributed by atoms with Crippen LogP contribution in [0.4, 0.5) is 0 Å². The number of carbonyl (C=O) groups is 1. The van der Waals surface area contributed by atoms with E-state index < -0.39 is 11.2 Å². The monoisotopic (exact) mass is 357 g/mol. The first kappa shape index (κ1) is 14.7. The SMILES string of the molecule is CN(Cc1cccs1)C(=O)Cn1cc(Br)c(=O)[nH]c1=O. The third kappa shape index (κ3) is 3.45. The molecular weight excluding hydrogens is 346 g/mol. The lowest BCUT2D eigenvalue weighted by molar-refractivity contribution is -0.131. The molecule has 8 heteroatoms. The molecule has 0 aliphatic heterocycles. The summed E-state index contributed by atoms with van der Waals surface area (Å²) in [5, 5.41) is 1.94. The molecule has 2 rings (SSSR count). The van der Waals surface area contributed by atoms with E-state index in [2.05, 4.69) is 20.9 Å². The van der Waals surface area contributed by atoms with Crippen molar-refractivity contribution >= 4 is 33.2 Å². The van der Waals surface area contributed by atoms with Crippen LogP contribution in [0.1, 0.15) is 4.88 Å². The number of rotatable bonds is 4. The summed E-state index contributed by atoms with van der Waals surface area (Å²) >= 11 is 4.59. The van der Waals surface area contributed by atoms with Crippen LogP contribution < -0.4 is 11.2 Å². The van der Waals surface area contributed by atoms with Gasteiger partial charge < -0.3 is 4.90 Å². The number of nitrogens with one attached hydrogen (secondary N) is 1. The first-order chi connectivity index (χ1) is 9.47. The molecule has 0 aliphatic rings. The molecule has 106 valence electrons. The van der Waals surface area contributed by atoms with Crippen LogP contribution in [0.2, 0.25) is 0 Å². The van der Waals surface area contributed by atoms with Crippen molar-refractivity contribution in [3.8, 4) is 0 Å². The summed E-state index contributed by atoms with van der Waals surface area (Å²) in [5.74, 6) is -0.209. The molecule has 20 heavy (non-hydrogen) atoms. The Kier molecular flexibility index (Phi) is 4.56. The summed E-state index contributed by atoms with van der Waals surface area (Å²) in [5.41, 5.74) is -1.11. The second-order valence-electron chi connectivity index (χ2n) is 4.19. The zero-order valence-corrected chi connectivity index (χ0v) is 13.0. The fourth-order valence-electron chi connectivity index (χ4n) is 1.59. The lowest BCUT2D eigenvalue weighted by atomic mass is 10.4. The van der Waals surface area contributed by atoms with Crippen LogP contribution in [0.25, 0.3) is 0 Å². The smallest absolute Gasteiger partial charge is 0.328 e. The Balaban J connectivity index is 2.10. The van der Waals surface area contributed by atoms with Gasteiger partial charge in [-0.15, -0.1) is 11.3 Å². The number of aromatic amines is 1. The summed E-state index contributed by atoms with van der Waals surface area (Å²) in [4.78, 5) is 39.6. The van der Waals surface area contributed by atoms with Gasteiger partial charge in [0, 0.05) is 18.1 Å². The number of halogens is 1. The van der Waals surface area contributed by atoms with Crippen molar-refractivity contribution in [2.45, 2.75) is 13.1 Å². The number of carbonyl (C=O) groups excluding carboxylic acids is 1. The molecule has 1 N–H and O–H groups in total. The molecule has 6 nitrogen and oxygen atoms in total. The van der Waals surface area contributed by atoms with Crippen LogP contribution >= 0.6 is 27.3 Å². The molecule has 0 aromatic carbocycles. The largest absolute Gasteiger partial charge is 0.339 e. The number of thiophene rings is 1. The molecule has 2 heterocycles. The second kappa shape index (κ2) is 6.19. The molecule has 0 radical (unpaired) electrons. The zero-order valence-electron chi connectivity index (χ0n) is 10.6. The summed E-state index contributed by atoms with van der Waals surface area (Å²) in [6, 6.07) is 3.86. The summed E-state index contributed by atoms with van der Waals surface area (Å²) in [7, 11) is 1.67. The minimum absolute atomic E-state index is 0.115. The average Bonchev–Trinajstić information content (AvgIpc) is 2.88. The van der Waals surface area contributed by atoms with Crippen LogP contribution in [0.15, 0.2) is 37.8 Å². The number of amides is 1. The zero-order chi connectivity index (χ0) is 14.7. The van der Waals surface area contributed by atoms with E-state index >= 15 is 0 Å². The molecule has 0 fully saturated rings. The minimum Gasteiger partial charge on any atom is -0.339 e.